The normalized spacial score (nSPS) is 26.7. The summed E-state index contributed by atoms with van der Waals surface area (Å²) in [6.07, 6.45) is -4.95. The van der Waals surface area contributed by atoms with Gasteiger partial charge < -0.3 is 87.7 Å². The number of nitrogens with one attached hydrogen (secondary N) is 9. The zero-order chi connectivity index (χ0) is 56.3. The molecule has 3 unspecified atom stereocenters. The third kappa shape index (κ3) is 16.1. The smallest absolute Gasteiger partial charge is 0.407 e. The summed E-state index contributed by atoms with van der Waals surface area (Å²) in [7, 11) is 3.83. The Labute approximate surface area is 441 Å². The number of hydrogen-bond donors (Lipinski definition) is 13. The van der Waals surface area contributed by atoms with E-state index < -0.39 is 182 Å². The van der Waals surface area contributed by atoms with E-state index in [1.165, 1.54) is 25.1 Å². The molecule has 5 rings (SSSR count). The average Bonchev–Trinajstić information content (AvgIpc) is 3.92. The molecule has 28 heteroatoms. The molecule has 0 saturated carbocycles. The van der Waals surface area contributed by atoms with Gasteiger partial charge in [-0.15, -0.1) is 0 Å². The number of phenols is 1. The van der Waals surface area contributed by atoms with Crippen LogP contribution in [-0.2, 0) is 65.5 Å². The second-order valence-electron chi connectivity index (χ2n) is 20.2. The van der Waals surface area contributed by atoms with Gasteiger partial charge in [-0.25, -0.2) is 4.79 Å². The number of aromatic amines is 1. The van der Waals surface area contributed by atoms with E-state index in [1.54, 1.807) is 20.8 Å². The van der Waals surface area contributed by atoms with Gasteiger partial charge in [0.25, 0.3) is 0 Å². The SMILES string of the molecule is CC[C@H](C)[C@H]1NC(=O)CNC(=O)[C@@H]2Cc3c([nH]c4cc(O)ccc34)[S+]([O-])C[C@H](NC(=O)CNC1=O)C(=O)N[C@@H](CC(N)=O)C(=O)N1C[C@H](O)C[C@H]1C(=O)N[C@@H]([C@@H](C)[C@@H](O)COC(=O)NC(C)CC(C)CN(C)C)C(=O)N2. The quantitative estimate of drug-likeness (QED) is 0.0846. The summed E-state index contributed by atoms with van der Waals surface area (Å²) in [5.41, 5.74) is 5.77. The van der Waals surface area contributed by atoms with Crippen molar-refractivity contribution in [2.75, 3.05) is 52.6 Å². The van der Waals surface area contributed by atoms with E-state index in [9.17, 15) is 67.8 Å². The topological polar surface area (TPSA) is 408 Å². The number of aromatic nitrogens is 1. The third-order valence-corrected chi connectivity index (χ3v) is 15.0. The van der Waals surface area contributed by atoms with Crippen molar-refractivity contribution in [2.45, 2.75) is 126 Å². The minimum atomic E-state index is -2.42. The standard InChI is InChI=1S/C48H72N12O15S/c1-8-23(3)39-44(70)51-16-37(65)53-33-21-76(74)46-29(28-10-9-26(61)12-30(28)56-46)14-31(41(67)50-17-38(66)57-39)54-45(71)40(25(5)35(63)20-75-48(73)52-24(4)11-22(2)18-59(6)7)58-43(69)34-13-27(62)19-60(34)47(72)32(15-36(49)64)55-42(33)68/h9-10,12,22-25,27,31-35,39-40,56,61-63H,8,11,13-21H2,1-7H3,(H2,49,64)(H,50,67)(H,51,70)(H,52,73)(H,53,65)(H,54,71)(H,55,68)(H,57,66)(H,58,69)/t22?,23-,24?,25-,27+,31-,32-,33-,34-,35-,39+,40-,76?/m0/s1. The van der Waals surface area contributed by atoms with Crippen molar-refractivity contribution in [1.29, 1.82) is 0 Å². The van der Waals surface area contributed by atoms with Crippen molar-refractivity contribution >= 4 is 81.3 Å². The first-order chi connectivity index (χ1) is 35.8. The number of primary amides is 1. The molecule has 1 aromatic carbocycles. The molecule has 10 amide bonds. The Hall–Kier alpha value is -6.75. The van der Waals surface area contributed by atoms with Gasteiger partial charge in [0.2, 0.25) is 58.2 Å². The predicted molar refractivity (Wildman–Crippen MR) is 271 cm³/mol. The van der Waals surface area contributed by atoms with Crippen molar-refractivity contribution < 1.29 is 72.6 Å². The molecular weight excluding hydrogens is 1020 g/mol. The number of nitrogens with zero attached hydrogens (tertiary/aromatic N) is 2. The molecule has 420 valence electrons. The Balaban J connectivity index is 1.65. The van der Waals surface area contributed by atoms with Crippen LogP contribution in [-0.4, -0.2) is 201 Å². The van der Waals surface area contributed by atoms with Crippen LogP contribution in [0, 0.1) is 17.8 Å². The highest BCUT2D eigenvalue weighted by atomic mass is 32.2. The van der Waals surface area contributed by atoms with Gasteiger partial charge in [-0.1, -0.05) is 34.1 Å². The predicted octanol–water partition coefficient (Wildman–Crippen LogP) is -4.21. The number of aromatic hydroxyl groups is 1. The number of aliphatic hydroxyl groups excluding tert-OH is 2. The van der Waals surface area contributed by atoms with Crippen LogP contribution in [0.3, 0.4) is 0 Å². The van der Waals surface area contributed by atoms with E-state index in [2.05, 4.69) is 47.5 Å². The number of hydrogen-bond acceptors (Lipinski definition) is 16. The summed E-state index contributed by atoms with van der Waals surface area (Å²) < 4.78 is 20.1. The monoisotopic (exact) mass is 1090 g/mol. The van der Waals surface area contributed by atoms with Crippen molar-refractivity contribution in [3.8, 4) is 5.75 Å². The van der Waals surface area contributed by atoms with Crippen LogP contribution in [0.15, 0.2) is 23.2 Å². The van der Waals surface area contributed by atoms with E-state index in [0.717, 1.165) is 11.4 Å². The average molecular weight is 1090 g/mol. The fraction of sp³-hybridized carbons (Fsp3) is 0.625. The van der Waals surface area contributed by atoms with E-state index >= 15 is 0 Å². The van der Waals surface area contributed by atoms with E-state index in [0.29, 0.717) is 12.8 Å². The molecule has 0 spiro atoms. The Kier molecular flexibility index (Phi) is 21.2. The number of benzene rings is 1. The lowest BCUT2D eigenvalue weighted by atomic mass is 9.93. The number of phenolic OH excluding ortho intramolecular Hbond substituents is 1. The second-order valence-corrected chi connectivity index (χ2v) is 21.6. The molecule has 3 aliphatic rings. The summed E-state index contributed by atoms with van der Waals surface area (Å²) in [4.78, 5) is 145. The van der Waals surface area contributed by atoms with Crippen molar-refractivity contribution in [3.05, 3.63) is 23.8 Å². The summed E-state index contributed by atoms with van der Waals surface area (Å²) in [6.45, 7) is 6.40. The summed E-state index contributed by atoms with van der Waals surface area (Å²) in [5.74, 6) is -12.2. The van der Waals surface area contributed by atoms with Crippen molar-refractivity contribution in [2.24, 2.45) is 23.5 Å². The molecule has 2 bridgehead atoms. The molecule has 4 heterocycles. The lowest BCUT2D eigenvalue weighted by molar-refractivity contribution is -0.144. The van der Waals surface area contributed by atoms with E-state index in [1.807, 2.05) is 25.9 Å². The van der Waals surface area contributed by atoms with Crippen LogP contribution < -0.4 is 48.3 Å². The van der Waals surface area contributed by atoms with Gasteiger partial charge in [-0.05, 0) is 51.4 Å². The number of fused-ring (bicyclic) bond motifs is 5. The van der Waals surface area contributed by atoms with Crippen LogP contribution in [0.1, 0.15) is 65.9 Å². The molecule has 13 atom stereocenters. The molecule has 1 saturated heterocycles. The van der Waals surface area contributed by atoms with Gasteiger partial charge >= 0.3 is 6.09 Å². The third-order valence-electron chi connectivity index (χ3n) is 13.5. The van der Waals surface area contributed by atoms with E-state index in [-0.39, 0.29) is 39.2 Å². The van der Waals surface area contributed by atoms with Gasteiger partial charge in [-0.2, -0.15) is 0 Å². The zero-order valence-electron chi connectivity index (χ0n) is 43.6. The highest BCUT2D eigenvalue weighted by molar-refractivity contribution is 7.91. The number of nitrogens with two attached hydrogens (primary N) is 1. The Morgan fingerprint density at radius 1 is 0.895 bits per heavy atom. The van der Waals surface area contributed by atoms with E-state index in [4.69, 9.17) is 10.5 Å². The van der Waals surface area contributed by atoms with Crippen molar-refractivity contribution in [1.82, 2.24) is 57.3 Å². The Bertz CT molecular complexity index is 2500. The number of carbonyl (C=O) groups is 10. The van der Waals surface area contributed by atoms with Gasteiger partial charge in [0, 0.05) is 66.1 Å². The fourth-order valence-corrected chi connectivity index (χ4v) is 10.8. The summed E-state index contributed by atoms with van der Waals surface area (Å²) >= 11 is -2.42. The molecular formula is C48H72N12O15S. The fourth-order valence-electron chi connectivity index (χ4n) is 9.45. The lowest BCUT2D eigenvalue weighted by Crippen LogP contribution is -2.62. The first-order valence-corrected chi connectivity index (χ1v) is 26.4. The number of carbonyl (C=O) groups excluding carboxylic acids is 10. The Morgan fingerprint density at radius 3 is 2.22 bits per heavy atom. The summed E-state index contributed by atoms with van der Waals surface area (Å²) in [5, 5.41) is 53.0. The molecule has 2 aromatic rings. The highest BCUT2D eigenvalue weighted by Gasteiger charge is 2.45. The second kappa shape index (κ2) is 26.8. The first-order valence-electron chi connectivity index (χ1n) is 25.1. The number of ether oxygens (including phenoxy) is 1. The molecule has 1 aromatic heterocycles. The molecule has 0 aliphatic carbocycles. The van der Waals surface area contributed by atoms with Crippen LogP contribution >= 0.6 is 0 Å². The maximum atomic E-state index is 14.9. The number of alkyl carbamates (subject to hydrolysis) is 1. The first kappa shape index (κ1) is 60.1. The number of aliphatic hydroxyl groups is 2. The van der Waals surface area contributed by atoms with Gasteiger partial charge in [-0.3, -0.25) is 43.2 Å². The summed E-state index contributed by atoms with van der Waals surface area (Å²) in [6, 6.07) is -6.61. The molecule has 76 heavy (non-hydrogen) atoms. The molecule has 3 aliphatic heterocycles. The van der Waals surface area contributed by atoms with Gasteiger partial charge in [0.15, 0.2) is 6.04 Å². The zero-order valence-corrected chi connectivity index (χ0v) is 44.4. The Morgan fingerprint density at radius 2 is 1.57 bits per heavy atom. The van der Waals surface area contributed by atoms with Crippen LogP contribution in [0.2, 0.25) is 0 Å². The van der Waals surface area contributed by atoms with Crippen LogP contribution in [0.4, 0.5) is 4.79 Å². The minimum Gasteiger partial charge on any atom is -0.610 e. The van der Waals surface area contributed by atoms with Crippen LogP contribution in [0.25, 0.3) is 10.9 Å². The highest BCUT2D eigenvalue weighted by Crippen LogP contribution is 2.31. The number of amides is 10. The molecule has 0 radical (unpaired) electrons. The van der Waals surface area contributed by atoms with Crippen molar-refractivity contribution in [3.63, 3.8) is 0 Å². The molecule has 27 nitrogen and oxygen atoms in total. The minimum absolute atomic E-state index is 0.0610. The lowest BCUT2D eigenvalue weighted by Gasteiger charge is -2.33. The molecule has 1 fully saturated rings. The van der Waals surface area contributed by atoms with Gasteiger partial charge in [0.1, 0.15) is 48.3 Å². The molecule has 14 N–H and O–H groups in total. The largest absolute Gasteiger partial charge is 0.610 e. The van der Waals surface area contributed by atoms with Crippen LogP contribution in [0.5, 0.6) is 5.75 Å². The van der Waals surface area contributed by atoms with Gasteiger partial charge in [0.05, 0.1) is 37.2 Å². The number of H-pyrrole nitrogens is 1. The maximum Gasteiger partial charge on any atom is 0.407 e. The maximum absolute atomic E-state index is 14.9. The number of rotatable bonds is 13.